The average Bonchev–Trinajstić information content (AvgIpc) is 2.81. The molecule has 2 heterocycles. The van der Waals surface area contributed by atoms with Crippen molar-refractivity contribution in [3.05, 3.63) is 17.7 Å². The molecule has 1 atom stereocenters. The summed E-state index contributed by atoms with van der Waals surface area (Å²) >= 11 is 0. The summed E-state index contributed by atoms with van der Waals surface area (Å²) in [5.74, 6) is 0.995. The van der Waals surface area contributed by atoms with Gasteiger partial charge in [-0.15, -0.1) is 24.8 Å². The molecule has 0 aliphatic carbocycles. The van der Waals surface area contributed by atoms with E-state index in [0.717, 1.165) is 25.1 Å². The van der Waals surface area contributed by atoms with Crippen molar-refractivity contribution in [3.8, 4) is 0 Å². The SMILES string of the molecule is COCC(N)C(=O)NCCc1cn2c(n1)CCCC2.Cl.Cl. The number of methoxy groups -OCH3 is 1. The predicted octanol–water partition coefficient (Wildman–Crippen LogP) is 0.695. The zero-order valence-corrected chi connectivity index (χ0v) is 13.8. The lowest BCUT2D eigenvalue weighted by atomic mass is 10.2. The number of rotatable bonds is 6. The molecule has 8 heteroatoms. The number of carbonyl (C=O) groups is 1. The highest BCUT2D eigenvalue weighted by Crippen LogP contribution is 2.14. The number of aryl methyl sites for hydroxylation is 2. The van der Waals surface area contributed by atoms with Crippen LogP contribution >= 0.6 is 24.8 Å². The molecule has 1 aromatic rings. The molecule has 0 spiro atoms. The molecule has 3 N–H and O–H groups in total. The quantitative estimate of drug-likeness (QED) is 0.799. The third kappa shape index (κ3) is 5.82. The number of imidazole rings is 1. The van der Waals surface area contributed by atoms with Gasteiger partial charge in [-0.25, -0.2) is 4.98 Å². The first-order valence-corrected chi connectivity index (χ1v) is 6.78. The number of hydrogen-bond acceptors (Lipinski definition) is 4. The van der Waals surface area contributed by atoms with Gasteiger partial charge in [0.05, 0.1) is 12.3 Å². The van der Waals surface area contributed by atoms with Crippen LogP contribution in [0.4, 0.5) is 0 Å². The molecule has 0 radical (unpaired) electrons. The summed E-state index contributed by atoms with van der Waals surface area (Å²) in [4.78, 5) is 16.2. The molecule has 21 heavy (non-hydrogen) atoms. The van der Waals surface area contributed by atoms with Crippen LogP contribution in [0.3, 0.4) is 0 Å². The first-order valence-electron chi connectivity index (χ1n) is 6.78. The predicted molar refractivity (Wildman–Crippen MR) is 86.2 cm³/mol. The summed E-state index contributed by atoms with van der Waals surface area (Å²) in [5.41, 5.74) is 6.67. The van der Waals surface area contributed by atoms with Crippen LogP contribution in [0, 0.1) is 0 Å². The Bertz CT molecular complexity index is 416. The Hall–Kier alpha value is -0.820. The Balaban J connectivity index is 0.00000200. The van der Waals surface area contributed by atoms with Crippen LogP contribution in [-0.4, -0.2) is 41.8 Å². The highest BCUT2D eigenvalue weighted by molar-refractivity contribution is 5.85. The van der Waals surface area contributed by atoms with Crippen molar-refractivity contribution in [1.82, 2.24) is 14.9 Å². The lowest BCUT2D eigenvalue weighted by molar-refractivity contribution is -0.123. The Kier molecular flexibility index (Phi) is 9.61. The van der Waals surface area contributed by atoms with Gasteiger partial charge in [-0.2, -0.15) is 0 Å². The van der Waals surface area contributed by atoms with E-state index >= 15 is 0 Å². The van der Waals surface area contributed by atoms with Crippen molar-refractivity contribution in [1.29, 1.82) is 0 Å². The van der Waals surface area contributed by atoms with Gasteiger partial charge in [-0.05, 0) is 12.8 Å². The van der Waals surface area contributed by atoms with Crippen molar-refractivity contribution >= 4 is 30.7 Å². The number of hydrogen-bond donors (Lipinski definition) is 2. The summed E-state index contributed by atoms with van der Waals surface area (Å²) in [5, 5.41) is 2.80. The molecule has 0 bridgehead atoms. The number of nitrogens with one attached hydrogen (secondary N) is 1. The summed E-state index contributed by atoms with van der Waals surface area (Å²) in [6.45, 7) is 1.87. The largest absolute Gasteiger partial charge is 0.383 e. The van der Waals surface area contributed by atoms with Crippen LogP contribution in [0.15, 0.2) is 6.20 Å². The molecule has 0 aromatic carbocycles. The minimum atomic E-state index is -0.597. The average molecular weight is 339 g/mol. The molecule has 2 rings (SSSR count). The summed E-state index contributed by atoms with van der Waals surface area (Å²) < 4.78 is 7.06. The van der Waals surface area contributed by atoms with Crippen LogP contribution < -0.4 is 11.1 Å². The standard InChI is InChI=1S/C13H22N4O2.2ClH/c1-19-9-11(14)13(18)15-6-5-10-8-17-7-3-2-4-12(17)16-10;;/h8,11H,2-7,9,14H2,1H3,(H,15,18);2*1H. The highest BCUT2D eigenvalue weighted by Gasteiger charge is 2.14. The molecular formula is C13H24Cl2N4O2. The lowest BCUT2D eigenvalue weighted by Crippen LogP contribution is -2.44. The van der Waals surface area contributed by atoms with Crippen LogP contribution in [0.5, 0.6) is 0 Å². The molecule has 0 saturated heterocycles. The van der Waals surface area contributed by atoms with E-state index in [2.05, 4.69) is 21.1 Å². The maximum atomic E-state index is 11.6. The molecule has 1 aromatic heterocycles. The van der Waals surface area contributed by atoms with Crippen LogP contribution in [0.1, 0.15) is 24.4 Å². The van der Waals surface area contributed by atoms with E-state index in [0.29, 0.717) is 6.54 Å². The molecule has 0 fully saturated rings. The third-order valence-corrected chi connectivity index (χ3v) is 3.32. The number of amides is 1. The highest BCUT2D eigenvalue weighted by atomic mass is 35.5. The molecule has 1 amide bonds. The van der Waals surface area contributed by atoms with Crippen molar-refractivity contribution < 1.29 is 9.53 Å². The normalized spacial score (nSPS) is 14.4. The minimum Gasteiger partial charge on any atom is -0.383 e. The van der Waals surface area contributed by atoms with E-state index in [9.17, 15) is 4.79 Å². The smallest absolute Gasteiger partial charge is 0.239 e. The van der Waals surface area contributed by atoms with Crippen molar-refractivity contribution in [2.45, 2.75) is 38.3 Å². The second-order valence-corrected chi connectivity index (χ2v) is 4.90. The van der Waals surface area contributed by atoms with Gasteiger partial charge < -0.3 is 20.4 Å². The number of carbonyl (C=O) groups excluding carboxylic acids is 1. The second-order valence-electron chi connectivity index (χ2n) is 4.90. The van der Waals surface area contributed by atoms with Gasteiger partial charge in [0, 0.05) is 39.2 Å². The molecule has 6 nitrogen and oxygen atoms in total. The van der Waals surface area contributed by atoms with Crippen molar-refractivity contribution in [3.63, 3.8) is 0 Å². The molecular weight excluding hydrogens is 315 g/mol. The van der Waals surface area contributed by atoms with Crippen molar-refractivity contribution in [2.24, 2.45) is 5.73 Å². The van der Waals surface area contributed by atoms with Gasteiger partial charge in [0.2, 0.25) is 5.91 Å². The first kappa shape index (κ1) is 20.2. The minimum absolute atomic E-state index is 0. The molecule has 122 valence electrons. The van der Waals surface area contributed by atoms with Crippen LogP contribution in [-0.2, 0) is 28.9 Å². The number of fused-ring (bicyclic) bond motifs is 1. The van der Waals surface area contributed by atoms with E-state index in [1.54, 1.807) is 0 Å². The first-order chi connectivity index (χ1) is 9.20. The molecule has 0 saturated carbocycles. The monoisotopic (exact) mass is 338 g/mol. The number of aromatic nitrogens is 2. The fourth-order valence-electron chi connectivity index (χ4n) is 2.29. The number of ether oxygens (including phenoxy) is 1. The summed E-state index contributed by atoms with van der Waals surface area (Å²) in [6.07, 6.45) is 6.34. The fourth-order valence-corrected chi connectivity index (χ4v) is 2.29. The zero-order chi connectivity index (χ0) is 13.7. The Morgan fingerprint density at radius 3 is 2.95 bits per heavy atom. The van der Waals surface area contributed by atoms with Crippen LogP contribution in [0.25, 0.3) is 0 Å². The molecule has 1 aliphatic heterocycles. The Labute approximate surface area is 137 Å². The fraction of sp³-hybridized carbons (Fsp3) is 0.692. The van der Waals surface area contributed by atoms with Gasteiger partial charge in [-0.3, -0.25) is 4.79 Å². The third-order valence-electron chi connectivity index (χ3n) is 3.32. The number of nitrogens with two attached hydrogens (primary N) is 1. The van der Waals surface area contributed by atoms with E-state index in [-0.39, 0.29) is 37.3 Å². The summed E-state index contributed by atoms with van der Waals surface area (Å²) in [7, 11) is 1.53. The van der Waals surface area contributed by atoms with E-state index in [1.165, 1.54) is 25.8 Å². The van der Waals surface area contributed by atoms with Gasteiger partial charge in [0.15, 0.2) is 0 Å². The van der Waals surface area contributed by atoms with Crippen LogP contribution in [0.2, 0.25) is 0 Å². The zero-order valence-electron chi connectivity index (χ0n) is 12.2. The maximum Gasteiger partial charge on any atom is 0.239 e. The number of halogens is 2. The van der Waals surface area contributed by atoms with E-state index in [1.807, 2.05) is 0 Å². The lowest BCUT2D eigenvalue weighted by Gasteiger charge is -2.11. The van der Waals surface area contributed by atoms with Gasteiger partial charge >= 0.3 is 0 Å². The van der Waals surface area contributed by atoms with Crippen molar-refractivity contribution in [2.75, 3.05) is 20.3 Å². The Morgan fingerprint density at radius 2 is 2.29 bits per heavy atom. The van der Waals surface area contributed by atoms with Gasteiger partial charge in [-0.1, -0.05) is 0 Å². The Morgan fingerprint density at radius 1 is 1.52 bits per heavy atom. The second kappa shape index (κ2) is 10.00. The molecule has 1 aliphatic rings. The molecule has 1 unspecified atom stereocenters. The van der Waals surface area contributed by atoms with E-state index < -0.39 is 6.04 Å². The van der Waals surface area contributed by atoms with Gasteiger partial charge in [0.25, 0.3) is 0 Å². The van der Waals surface area contributed by atoms with E-state index in [4.69, 9.17) is 10.5 Å². The van der Waals surface area contributed by atoms with Gasteiger partial charge in [0.1, 0.15) is 11.9 Å². The number of nitrogens with zero attached hydrogens (tertiary/aromatic N) is 2. The summed E-state index contributed by atoms with van der Waals surface area (Å²) in [6, 6.07) is -0.597. The maximum absolute atomic E-state index is 11.6. The topological polar surface area (TPSA) is 82.2 Å².